The second kappa shape index (κ2) is 3.79. The van der Waals surface area contributed by atoms with E-state index in [1.165, 1.54) is 5.56 Å². The Labute approximate surface area is 78.9 Å². The minimum atomic E-state index is 0.486. The molecule has 70 valence electrons. The third-order valence-electron chi connectivity index (χ3n) is 2.37. The average molecular weight is 177 g/mol. The molecular formula is C11H15NO. The summed E-state index contributed by atoms with van der Waals surface area (Å²) in [6.45, 7) is 3.93. The van der Waals surface area contributed by atoms with Crippen LogP contribution < -0.4 is 10.1 Å². The van der Waals surface area contributed by atoms with Crippen molar-refractivity contribution in [1.82, 2.24) is 5.32 Å². The zero-order valence-corrected chi connectivity index (χ0v) is 7.92. The molecule has 13 heavy (non-hydrogen) atoms. The molecule has 1 atom stereocenters. The fourth-order valence-electron chi connectivity index (χ4n) is 1.75. The first-order valence-electron chi connectivity index (χ1n) is 4.84. The van der Waals surface area contributed by atoms with Crippen LogP contribution in [0, 0.1) is 0 Å². The van der Waals surface area contributed by atoms with Crippen LogP contribution in [0.2, 0.25) is 0 Å². The molecule has 2 heteroatoms. The van der Waals surface area contributed by atoms with Gasteiger partial charge in [0.15, 0.2) is 0 Å². The van der Waals surface area contributed by atoms with Crippen LogP contribution in [0.25, 0.3) is 0 Å². The van der Waals surface area contributed by atoms with Crippen molar-refractivity contribution in [2.24, 2.45) is 0 Å². The molecule has 1 aromatic carbocycles. The van der Waals surface area contributed by atoms with Crippen molar-refractivity contribution in [1.29, 1.82) is 0 Å². The standard InChI is InChI=1S/C11H15NO/c1-2-12-10-7-9-5-3-4-6-11(9)13-8-10/h3-6,10,12H,2,7-8H2,1H3. The van der Waals surface area contributed by atoms with E-state index < -0.39 is 0 Å². The molecule has 1 aliphatic rings. The van der Waals surface area contributed by atoms with Gasteiger partial charge in [-0.25, -0.2) is 0 Å². The number of hydrogen-bond donors (Lipinski definition) is 1. The molecule has 0 fully saturated rings. The summed E-state index contributed by atoms with van der Waals surface area (Å²) in [5.41, 5.74) is 1.32. The number of fused-ring (bicyclic) bond motifs is 1. The van der Waals surface area contributed by atoms with Crippen LogP contribution in [-0.2, 0) is 6.42 Å². The lowest BCUT2D eigenvalue weighted by atomic mass is 10.0. The number of ether oxygens (including phenoxy) is 1. The highest BCUT2D eigenvalue weighted by molar-refractivity contribution is 5.35. The Morgan fingerprint density at radius 3 is 3.15 bits per heavy atom. The van der Waals surface area contributed by atoms with Gasteiger partial charge < -0.3 is 10.1 Å². The highest BCUT2D eigenvalue weighted by atomic mass is 16.5. The molecule has 0 spiro atoms. The fraction of sp³-hybridized carbons (Fsp3) is 0.455. The van der Waals surface area contributed by atoms with Gasteiger partial charge in [0.2, 0.25) is 0 Å². The van der Waals surface area contributed by atoms with E-state index in [-0.39, 0.29) is 0 Å². The molecular weight excluding hydrogens is 162 g/mol. The van der Waals surface area contributed by atoms with Crippen LogP contribution in [0.1, 0.15) is 12.5 Å². The van der Waals surface area contributed by atoms with Crippen LogP contribution in [0.4, 0.5) is 0 Å². The molecule has 0 saturated heterocycles. The third-order valence-corrected chi connectivity index (χ3v) is 2.37. The lowest BCUT2D eigenvalue weighted by Gasteiger charge is -2.25. The maximum Gasteiger partial charge on any atom is 0.122 e. The Hall–Kier alpha value is -1.02. The second-order valence-electron chi connectivity index (χ2n) is 3.38. The molecule has 0 bridgehead atoms. The highest BCUT2D eigenvalue weighted by Crippen LogP contribution is 2.23. The lowest BCUT2D eigenvalue weighted by Crippen LogP contribution is -2.39. The third kappa shape index (κ3) is 1.83. The summed E-state index contributed by atoms with van der Waals surface area (Å²) in [5.74, 6) is 1.05. The van der Waals surface area contributed by atoms with Gasteiger partial charge in [-0.1, -0.05) is 25.1 Å². The van der Waals surface area contributed by atoms with Crippen molar-refractivity contribution in [3.8, 4) is 5.75 Å². The fourth-order valence-corrected chi connectivity index (χ4v) is 1.75. The maximum atomic E-state index is 5.63. The van der Waals surface area contributed by atoms with Crippen molar-refractivity contribution >= 4 is 0 Å². The minimum absolute atomic E-state index is 0.486. The Balaban J connectivity index is 2.11. The van der Waals surface area contributed by atoms with Crippen LogP contribution in [-0.4, -0.2) is 19.2 Å². The van der Waals surface area contributed by atoms with Crippen LogP contribution in [0.5, 0.6) is 5.75 Å². The lowest BCUT2D eigenvalue weighted by molar-refractivity contribution is 0.241. The molecule has 0 aliphatic carbocycles. The predicted molar refractivity (Wildman–Crippen MR) is 53.1 cm³/mol. The van der Waals surface area contributed by atoms with Gasteiger partial charge in [0, 0.05) is 6.04 Å². The van der Waals surface area contributed by atoms with E-state index in [1.807, 2.05) is 12.1 Å². The Bertz CT molecular complexity index is 285. The first-order chi connectivity index (χ1) is 6.40. The summed E-state index contributed by atoms with van der Waals surface area (Å²) in [7, 11) is 0. The van der Waals surface area contributed by atoms with Crippen molar-refractivity contribution in [3.05, 3.63) is 29.8 Å². The van der Waals surface area contributed by atoms with Gasteiger partial charge in [0.25, 0.3) is 0 Å². The molecule has 0 amide bonds. The summed E-state index contributed by atoms with van der Waals surface area (Å²) >= 11 is 0. The van der Waals surface area contributed by atoms with Crippen LogP contribution in [0.15, 0.2) is 24.3 Å². The van der Waals surface area contributed by atoms with E-state index >= 15 is 0 Å². The quantitative estimate of drug-likeness (QED) is 0.741. The van der Waals surface area contributed by atoms with Gasteiger partial charge in [0.05, 0.1) is 0 Å². The molecule has 1 aliphatic heterocycles. The van der Waals surface area contributed by atoms with E-state index in [9.17, 15) is 0 Å². The number of benzene rings is 1. The first kappa shape index (κ1) is 8.57. The minimum Gasteiger partial charge on any atom is -0.492 e. The number of hydrogen-bond acceptors (Lipinski definition) is 2. The van der Waals surface area contributed by atoms with Crippen LogP contribution in [0.3, 0.4) is 0 Å². The summed E-state index contributed by atoms with van der Waals surface area (Å²) in [6.07, 6.45) is 1.09. The Morgan fingerprint density at radius 2 is 2.31 bits per heavy atom. The zero-order valence-electron chi connectivity index (χ0n) is 7.92. The largest absolute Gasteiger partial charge is 0.492 e. The smallest absolute Gasteiger partial charge is 0.122 e. The van der Waals surface area contributed by atoms with Gasteiger partial charge in [-0.3, -0.25) is 0 Å². The molecule has 2 rings (SSSR count). The summed E-state index contributed by atoms with van der Waals surface area (Å²) in [6, 6.07) is 8.75. The molecule has 2 nitrogen and oxygen atoms in total. The molecule has 0 radical (unpaired) electrons. The van der Waals surface area contributed by atoms with E-state index in [2.05, 4.69) is 24.4 Å². The van der Waals surface area contributed by atoms with Crippen molar-refractivity contribution in [3.63, 3.8) is 0 Å². The monoisotopic (exact) mass is 177 g/mol. The summed E-state index contributed by atoms with van der Waals surface area (Å²) in [5, 5.41) is 3.40. The SMILES string of the molecule is CCNC1COc2ccccc2C1. The Morgan fingerprint density at radius 1 is 1.46 bits per heavy atom. The number of nitrogens with one attached hydrogen (secondary N) is 1. The molecule has 1 aromatic rings. The van der Waals surface area contributed by atoms with Gasteiger partial charge in [-0.2, -0.15) is 0 Å². The normalized spacial score (nSPS) is 20.5. The highest BCUT2D eigenvalue weighted by Gasteiger charge is 2.17. The molecule has 1 unspecified atom stereocenters. The zero-order chi connectivity index (χ0) is 9.10. The van der Waals surface area contributed by atoms with Crippen LogP contribution >= 0.6 is 0 Å². The van der Waals surface area contributed by atoms with Crippen molar-refractivity contribution < 1.29 is 4.74 Å². The first-order valence-corrected chi connectivity index (χ1v) is 4.84. The van der Waals surface area contributed by atoms with Gasteiger partial charge >= 0.3 is 0 Å². The van der Waals surface area contributed by atoms with E-state index in [1.54, 1.807) is 0 Å². The van der Waals surface area contributed by atoms with E-state index in [0.717, 1.165) is 25.3 Å². The number of para-hydroxylation sites is 1. The number of likely N-dealkylation sites (N-methyl/N-ethyl adjacent to an activating group) is 1. The van der Waals surface area contributed by atoms with Gasteiger partial charge in [-0.15, -0.1) is 0 Å². The molecule has 1 heterocycles. The van der Waals surface area contributed by atoms with Gasteiger partial charge in [-0.05, 0) is 24.6 Å². The summed E-state index contributed by atoms with van der Waals surface area (Å²) < 4.78 is 5.63. The van der Waals surface area contributed by atoms with E-state index in [0.29, 0.717) is 6.04 Å². The Kier molecular flexibility index (Phi) is 2.50. The predicted octanol–water partition coefficient (Wildman–Crippen LogP) is 1.60. The van der Waals surface area contributed by atoms with E-state index in [4.69, 9.17) is 4.74 Å². The van der Waals surface area contributed by atoms with Crippen molar-refractivity contribution in [2.75, 3.05) is 13.2 Å². The number of rotatable bonds is 2. The molecule has 0 saturated carbocycles. The maximum absolute atomic E-state index is 5.63. The second-order valence-corrected chi connectivity index (χ2v) is 3.38. The average Bonchev–Trinajstić information content (AvgIpc) is 2.18. The van der Waals surface area contributed by atoms with Gasteiger partial charge in [0.1, 0.15) is 12.4 Å². The topological polar surface area (TPSA) is 21.3 Å². The summed E-state index contributed by atoms with van der Waals surface area (Å²) in [4.78, 5) is 0. The van der Waals surface area contributed by atoms with Crippen molar-refractivity contribution in [2.45, 2.75) is 19.4 Å². The molecule has 0 aromatic heterocycles. The molecule has 1 N–H and O–H groups in total.